The molecule has 6 rings (SSSR count). The van der Waals surface area contributed by atoms with Crippen LogP contribution in [0.5, 0.6) is 5.75 Å². The summed E-state index contributed by atoms with van der Waals surface area (Å²) >= 11 is 0. The third-order valence-electron chi connectivity index (χ3n) is 7.92. The lowest BCUT2D eigenvalue weighted by molar-refractivity contribution is 0.0684. The van der Waals surface area contributed by atoms with Crippen LogP contribution < -0.4 is 4.74 Å². The molecule has 1 aliphatic rings. The van der Waals surface area contributed by atoms with Gasteiger partial charge in [-0.15, -0.1) is 0 Å². The van der Waals surface area contributed by atoms with Gasteiger partial charge in [-0.1, -0.05) is 54.6 Å². The van der Waals surface area contributed by atoms with Gasteiger partial charge in [0.15, 0.2) is 0 Å². The van der Waals surface area contributed by atoms with Crippen LogP contribution in [0, 0.1) is 6.92 Å². The average molecular weight is 523 g/mol. The maximum atomic E-state index is 12.8. The number of rotatable bonds is 6. The highest BCUT2D eigenvalue weighted by Crippen LogP contribution is 2.39. The van der Waals surface area contributed by atoms with Crippen LogP contribution in [0.3, 0.4) is 0 Å². The number of carboxylic acid groups (broad SMARTS) is 1. The van der Waals surface area contributed by atoms with E-state index in [1.54, 1.807) is 0 Å². The zero-order chi connectivity index (χ0) is 27.1. The Hall–Kier alpha value is -4.10. The van der Waals surface area contributed by atoms with E-state index in [4.69, 9.17) is 9.84 Å². The Kier molecular flexibility index (Phi) is 6.61. The second-order valence-corrected chi connectivity index (χ2v) is 10.5. The fourth-order valence-electron chi connectivity index (χ4n) is 6.23. The summed E-state index contributed by atoms with van der Waals surface area (Å²) in [5.74, 6) is -0.0194. The summed E-state index contributed by atoms with van der Waals surface area (Å²) in [6.07, 6.45) is 2.20. The molecule has 1 aliphatic heterocycles. The Bertz CT molecular complexity index is 1690. The van der Waals surface area contributed by atoms with E-state index in [9.17, 15) is 9.90 Å². The zero-order valence-electron chi connectivity index (χ0n) is 22.8. The van der Waals surface area contributed by atoms with Gasteiger partial charge in [0.25, 0.3) is 0 Å². The number of aromatic nitrogens is 3. The van der Waals surface area contributed by atoms with Crippen LogP contribution >= 0.6 is 0 Å². The van der Waals surface area contributed by atoms with Gasteiger partial charge in [0, 0.05) is 42.0 Å². The molecule has 0 unspecified atom stereocenters. The molecule has 39 heavy (non-hydrogen) atoms. The van der Waals surface area contributed by atoms with Crippen molar-refractivity contribution >= 4 is 27.6 Å². The van der Waals surface area contributed by atoms with E-state index in [0.29, 0.717) is 31.7 Å². The molecule has 3 heterocycles. The molecule has 200 valence electrons. The minimum atomic E-state index is -0.879. The average Bonchev–Trinajstić information content (AvgIpc) is 3.39. The summed E-state index contributed by atoms with van der Waals surface area (Å²) in [5.41, 5.74) is 6.57. The smallest absolute Gasteiger partial charge is 0.352 e. The fourth-order valence-corrected chi connectivity index (χ4v) is 6.23. The first-order valence-electron chi connectivity index (χ1n) is 13.6. The summed E-state index contributed by atoms with van der Waals surface area (Å²) in [7, 11) is 4.11. The molecule has 0 saturated heterocycles. The fraction of sp³-hybridized carbons (Fsp3) is 0.312. The van der Waals surface area contributed by atoms with Gasteiger partial charge in [0.2, 0.25) is 0 Å². The Morgan fingerprint density at radius 3 is 2.62 bits per heavy atom. The highest BCUT2D eigenvalue weighted by molar-refractivity contribution is 6.04. The normalized spacial score (nSPS) is 14.0. The molecule has 0 saturated carbocycles. The van der Waals surface area contributed by atoms with E-state index in [1.807, 2.05) is 47.5 Å². The predicted molar refractivity (Wildman–Crippen MR) is 155 cm³/mol. The van der Waals surface area contributed by atoms with Gasteiger partial charge in [0.05, 0.1) is 23.5 Å². The van der Waals surface area contributed by atoms with Crippen molar-refractivity contribution in [2.75, 3.05) is 20.2 Å². The third-order valence-corrected chi connectivity index (χ3v) is 7.92. The van der Waals surface area contributed by atoms with Crippen LogP contribution in [0.15, 0.2) is 60.7 Å². The number of aromatic carboxylic acids is 1. The summed E-state index contributed by atoms with van der Waals surface area (Å²) in [6, 6.07) is 20.5. The number of ether oxygens (including phenoxy) is 1. The van der Waals surface area contributed by atoms with Crippen molar-refractivity contribution in [2.24, 2.45) is 7.05 Å². The lowest BCUT2D eigenvalue weighted by Crippen LogP contribution is -2.23. The third kappa shape index (κ3) is 4.46. The van der Waals surface area contributed by atoms with Crippen LogP contribution in [0.4, 0.5) is 0 Å². The number of benzene rings is 3. The number of para-hydroxylation sites is 1. The van der Waals surface area contributed by atoms with Gasteiger partial charge >= 0.3 is 5.97 Å². The number of nitrogens with zero attached hydrogens (tertiary/aromatic N) is 4. The monoisotopic (exact) mass is 522 g/mol. The van der Waals surface area contributed by atoms with Gasteiger partial charge in [-0.05, 0) is 56.8 Å². The van der Waals surface area contributed by atoms with Crippen molar-refractivity contribution in [3.05, 3.63) is 83.3 Å². The van der Waals surface area contributed by atoms with Gasteiger partial charge in [0.1, 0.15) is 11.4 Å². The molecule has 3 aromatic carbocycles. The lowest BCUT2D eigenvalue weighted by Gasteiger charge is -2.21. The molecular formula is C32H34N4O3. The van der Waals surface area contributed by atoms with Crippen molar-refractivity contribution in [3.8, 4) is 16.9 Å². The summed E-state index contributed by atoms with van der Waals surface area (Å²) in [6.45, 7) is 4.88. The number of fused-ring (bicyclic) bond motifs is 3. The molecule has 0 bridgehead atoms. The molecule has 0 aliphatic carbocycles. The van der Waals surface area contributed by atoms with Gasteiger partial charge < -0.3 is 19.3 Å². The Morgan fingerprint density at radius 2 is 1.77 bits per heavy atom. The number of hydrogen-bond acceptors (Lipinski definition) is 4. The van der Waals surface area contributed by atoms with Gasteiger partial charge in [-0.3, -0.25) is 4.68 Å². The maximum absolute atomic E-state index is 12.8. The summed E-state index contributed by atoms with van der Waals surface area (Å²) in [5, 5.41) is 18.5. The number of carbonyl (C=O) groups is 1. The van der Waals surface area contributed by atoms with Crippen LogP contribution in [0.1, 0.15) is 40.3 Å². The molecule has 0 amide bonds. The molecule has 0 spiro atoms. The molecular weight excluding hydrogens is 488 g/mol. The van der Waals surface area contributed by atoms with Crippen molar-refractivity contribution in [2.45, 2.75) is 39.3 Å². The number of hydrogen-bond donors (Lipinski definition) is 1. The SMILES string of the molecule is Cc1nn(C)c2c1-c1cccc3c(CCCOc4cccc5ccccc45)c(C(=O)O)n(c13)CCCN(C)C2. The topological polar surface area (TPSA) is 72.5 Å². The Labute approximate surface area is 228 Å². The predicted octanol–water partition coefficient (Wildman–Crippen LogP) is 6.05. The van der Waals surface area contributed by atoms with E-state index in [1.165, 1.54) is 0 Å². The van der Waals surface area contributed by atoms with Crippen molar-refractivity contribution in [1.29, 1.82) is 0 Å². The first kappa shape index (κ1) is 25.2. The van der Waals surface area contributed by atoms with Crippen molar-refractivity contribution < 1.29 is 14.6 Å². The van der Waals surface area contributed by atoms with E-state index >= 15 is 0 Å². The minimum absolute atomic E-state index is 0.397. The Balaban J connectivity index is 1.40. The van der Waals surface area contributed by atoms with Crippen LogP contribution in [-0.4, -0.2) is 50.5 Å². The molecule has 5 aromatic rings. The first-order valence-corrected chi connectivity index (χ1v) is 13.6. The molecule has 0 fully saturated rings. The minimum Gasteiger partial charge on any atom is -0.493 e. The maximum Gasteiger partial charge on any atom is 0.352 e. The van der Waals surface area contributed by atoms with Crippen LogP contribution in [0.2, 0.25) is 0 Å². The summed E-state index contributed by atoms with van der Waals surface area (Å²) < 4.78 is 10.2. The highest BCUT2D eigenvalue weighted by atomic mass is 16.5. The van der Waals surface area contributed by atoms with E-state index in [2.05, 4.69) is 48.3 Å². The number of aryl methyl sites for hydroxylation is 4. The van der Waals surface area contributed by atoms with E-state index < -0.39 is 5.97 Å². The van der Waals surface area contributed by atoms with E-state index in [0.717, 1.165) is 75.0 Å². The molecule has 2 aromatic heterocycles. The number of carboxylic acids is 1. The largest absolute Gasteiger partial charge is 0.493 e. The van der Waals surface area contributed by atoms with Crippen molar-refractivity contribution in [3.63, 3.8) is 0 Å². The molecule has 7 nitrogen and oxygen atoms in total. The quantitative estimate of drug-likeness (QED) is 0.275. The van der Waals surface area contributed by atoms with Crippen molar-refractivity contribution in [1.82, 2.24) is 19.2 Å². The van der Waals surface area contributed by atoms with Crippen LogP contribution in [-0.2, 0) is 26.6 Å². The second-order valence-electron chi connectivity index (χ2n) is 10.5. The molecule has 1 N–H and O–H groups in total. The first-order chi connectivity index (χ1) is 18.9. The second kappa shape index (κ2) is 10.2. The highest BCUT2D eigenvalue weighted by Gasteiger charge is 2.27. The molecule has 7 heteroatoms. The van der Waals surface area contributed by atoms with Crippen LogP contribution in [0.25, 0.3) is 32.8 Å². The van der Waals surface area contributed by atoms with E-state index in [-0.39, 0.29) is 0 Å². The van der Waals surface area contributed by atoms with Gasteiger partial charge in [-0.25, -0.2) is 4.79 Å². The Morgan fingerprint density at radius 1 is 1.00 bits per heavy atom. The summed E-state index contributed by atoms with van der Waals surface area (Å²) in [4.78, 5) is 15.1. The van der Waals surface area contributed by atoms with Gasteiger partial charge in [-0.2, -0.15) is 5.10 Å². The standard InChI is InChI=1S/C32H34N4O3/c1-21-29-26-14-7-13-24-25(15-8-19-39-28-16-6-11-22-10-4-5-12-23(22)28)31(32(37)38)36(30(24)26)18-9-17-34(2)20-27(29)35(3)33-21/h4-7,10-14,16H,8-9,15,17-20H2,1-3H3,(H,37,38). The molecule has 0 radical (unpaired) electrons. The zero-order valence-corrected chi connectivity index (χ0v) is 22.8. The molecule has 0 atom stereocenters. The lowest BCUT2D eigenvalue weighted by atomic mass is 9.98.